The van der Waals surface area contributed by atoms with E-state index in [1.165, 1.54) is 6.07 Å². The number of carbonyl (C=O) groups excluding carboxylic acids is 2. The number of aromatic nitrogens is 1. The number of rotatable bonds is 4. The first kappa shape index (κ1) is 14.5. The number of hydrazine groups is 1. The highest BCUT2D eigenvalue weighted by Gasteiger charge is 2.29. The Kier molecular flexibility index (Phi) is 4.70. The van der Waals surface area contributed by atoms with Crippen LogP contribution in [0, 0.1) is 0 Å². The van der Waals surface area contributed by atoms with Gasteiger partial charge in [-0.25, -0.2) is 5.84 Å². The zero-order valence-electron chi connectivity index (χ0n) is 11.4. The van der Waals surface area contributed by atoms with Crippen molar-refractivity contribution in [2.45, 2.75) is 31.8 Å². The van der Waals surface area contributed by atoms with Crippen LogP contribution >= 0.6 is 0 Å². The van der Waals surface area contributed by atoms with Gasteiger partial charge in [0.05, 0.1) is 12.6 Å². The minimum absolute atomic E-state index is 0.00383. The van der Waals surface area contributed by atoms with Gasteiger partial charge in [-0.1, -0.05) is 11.6 Å². The molecule has 1 atom stereocenters. The lowest BCUT2D eigenvalue weighted by molar-refractivity contribution is -0.127. The summed E-state index contributed by atoms with van der Waals surface area (Å²) in [5.74, 6) is 5.08. The number of hydrogen-bond acceptors (Lipinski definition) is 6. The van der Waals surface area contributed by atoms with Gasteiger partial charge in [-0.15, -0.1) is 0 Å². The number of amides is 2. The molecule has 1 saturated heterocycles. The second kappa shape index (κ2) is 6.49. The minimum Gasteiger partial charge on any atom is -0.359 e. The summed E-state index contributed by atoms with van der Waals surface area (Å²) in [6.45, 7) is 1.26. The van der Waals surface area contributed by atoms with Crippen LogP contribution < -0.4 is 16.6 Å². The largest absolute Gasteiger partial charge is 0.359 e. The molecule has 0 bridgehead atoms. The van der Waals surface area contributed by atoms with Crippen LogP contribution in [-0.4, -0.2) is 41.5 Å². The number of likely N-dealkylation sites (N-methyl/N-ethyl adjacent to an activating group) is 1. The van der Waals surface area contributed by atoms with Gasteiger partial charge >= 0.3 is 0 Å². The number of nitrogens with one attached hydrogen (secondary N) is 2. The molecule has 0 spiro atoms. The number of piperidine rings is 1. The summed E-state index contributed by atoms with van der Waals surface area (Å²) in [4.78, 5) is 25.2. The predicted octanol–water partition coefficient (Wildman–Crippen LogP) is -0.621. The molecule has 0 aliphatic carbocycles. The third-order valence-electron chi connectivity index (χ3n) is 3.44. The van der Waals surface area contributed by atoms with Crippen LogP contribution in [0.4, 0.5) is 0 Å². The van der Waals surface area contributed by atoms with Crippen molar-refractivity contribution in [1.29, 1.82) is 0 Å². The van der Waals surface area contributed by atoms with E-state index in [1.807, 2.05) is 10.3 Å². The van der Waals surface area contributed by atoms with Gasteiger partial charge in [0.2, 0.25) is 5.91 Å². The summed E-state index contributed by atoms with van der Waals surface area (Å²) >= 11 is 0. The summed E-state index contributed by atoms with van der Waals surface area (Å²) in [5.41, 5.74) is 2.13. The molecule has 1 fully saturated rings. The fraction of sp³-hybridized carbons (Fsp3) is 0.583. The van der Waals surface area contributed by atoms with Gasteiger partial charge in [0.1, 0.15) is 0 Å². The Morgan fingerprint density at radius 2 is 2.35 bits per heavy atom. The number of nitrogen functional groups attached to an aromatic ring is 1. The molecule has 2 heterocycles. The molecule has 1 aliphatic rings. The quantitative estimate of drug-likeness (QED) is 0.385. The maximum atomic E-state index is 11.8. The van der Waals surface area contributed by atoms with E-state index in [1.54, 1.807) is 7.05 Å². The number of nitrogens with zero attached hydrogens (tertiary/aromatic N) is 2. The fourth-order valence-corrected chi connectivity index (χ4v) is 2.41. The molecular formula is C12H19N5O3. The van der Waals surface area contributed by atoms with Crippen molar-refractivity contribution in [3.05, 3.63) is 17.5 Å². The number of nitrogens with two attached hydrogens (primary N) is 1. The molecule has 2 amide bonds. The minimum atomic E-state index is -0.499. The van der Waals surface area contributed by atoms with Gasteiger partial charge in [-0.2, -0.15) is 0 Å². The standard InChI is InChI=1S/C12H19N5O3/c1-14-12(19)10-4-2-3-5-17(10)7-8-6-9(16-20-8)11(18)15-13/h6,10H,2-5,7,13H2,1H3,(H,14,19)(H,15,18). The molecule has 2 rings (SSSR count). The molecule has 8 nitrogen and oxygen atoms in total. The van der Waals surface area contributed by atoms with E-state index >= 15 is 0 Å². The van der Waals surface area contributed by atoms with Gasteiger partial charge in [0.15, 0.2) is 11.5 Å². The molecular weight excluding hydrogens is 262 g/mol. The van der Waals surface area contributed by atoms with E-state index in [0.717, 1.165) is 25.8 Å². The second-order valence-corrected chi connectivity index (χ2v) is 4.75. The molecule has 1 aromatic heterocycles. The van der Waals surface area contributed by atoms with Crippen molar-refractivity contribution in [3.8, 4) is 0 Å². The Hall–Kier alpha value is -1.93. The first-order chi connectivity index (χ1) is 9.65. The van der Waals surface area contributed by atoms with E-state index in [0.29, 0.717) is 12.3 Å². The van der Waals surface area contributed by atoms with Crippen molar-refractivity contribution in [1.82, 2.24) is 20.8 Å². The average Bonchev–Trinajstić information content (AvgIpc) is 2.94. The maximum absolute atomic E-state index is 11.8. The van der Waals surface area contributed by atoms with Crippen LogP contribution in [0.3, 0.4) is 0 Å². The van der Waals surface area contributed by atoms with Crippen LogP contribution in [0.2, 0.25) is 0 Å². The lowest BCUT2D eigenvalue weighted by atomic mass is 10.0. The lowest BCUT2D eigenvalue weighted by Crippen LogP contribution is -2.48. The number of hydrogen-bond donors (Lipinski definition) is 3. The van der Waals surface area contributed by atoms with Crippen LogP contribution in [0.5, 0.6) is 0 Å². The molecule has 1 unspecified atom stereocenters. The van der Waals surface area contributed by atoms with Gasteiger partial charge in [-0.05, 0) is 19.4 Å². The van der Waals surface area contributed by atoms with E-state index in [2.05, 4.69) is 10.5 Å². The first-order valence-electron chi connectivity index (χ1n) is 6.58. The van der Waals surface area contributed by atoms with Crippen LogP contribution in [0.25, 0.3) is 0 Å². The van der Waals surface area contributed by atoms with Gasteiger partial charge in [-0.3, -0.25) is 19.9 Å². The van der Waals surface area contributed by atoms with Crippen molar-refractivity contribution in [2.24, 2.45) is 5.84 Å². The summed E-state index contributed by atoms with van der Waals surface area (Å²) < 4.78 is 5.11. The van der Waals surface area contributed by atoms with E-state index in [-0.39, 0.29) is 17.6 Å². The van der Waals surface area contributed by atoms with Crippen LogP contribution in [0.15, 0.2) is 10.6 Å². The third-order valence-corrected chi connectivity index (χ3v) is 3.44. The molecule has 1 aliphatic heterocycles. The van der Waals surface area contributed by atoms with Crippen molar-refractivity contribution >= 4 is 11.8 Å². The Labute approximate surface area is 116 Å². The SMILES string of the molecule is CNC(=O)C1CCCCN1Cc1cc(C(=O)NN)no1. The second-order valence-electron chi connectivity index (χ2n) is 4.75. The normalized spacial score (nSPS) is 19.6. The summed E-state index contributed by atoms with van der Waals surface area (Å²) in [7, 11) is 1.63. The molecule has 0 saturated carbocycles. The smallest absolute Gasteiger partial charge is 0.287 e. The average molecular weight is 281 g/mol. The monoisotopic (exact) mass is 281 g/mol. The fourth-order valence-electron chi connectivity index (χ4n) is 2.41. The topological polar surface area (TPSA) is 113 Å². The summed E-state index contributed by atoms with van der Waals surface area (Å²) in [6.07, 6.45) is 2.90. The molecule has 0 radical (unpaired) electrons. The van der Waals surface area contributed by atoms with Crippen LogP contribution in [-0.2, 0) is 11.3 Å². The molecule has 8 heteroatoms. The maximum Gasteiger partial charge on any atom is 0.287 e. The Balaban J connectivity index is 2.05. The number of carbonyl (C=O) groups is 2. The third kappa shape index (κ3) is 3.14. The highest BCUT2D eigenvalue weighted by Crippen LogP contribution is 2.20. The highest BCUT2D eigenvalue weighted by molar-refractivity contribution is 5.91. The highest BCUT2D eigenvalue weighted by atomic mass is 16.5. The van der Waals surface area contributed by atoms with Gasteiger partial charge in [0.25, 0.3) is 5.91 Å². The summed E-state index contributed by atoms with van der Waals surface area (Å²) in [5, 5.41) is 6.32. The number of likely N-dealkylation sites (tertiary alicyclic amines) is 1. The molecule has 4 N–H and O–H groups in total. The Morgan fingerprint density at radius 3 is 3.05 bits per heavy atom. The molecule has 0 aromatic carbocycles. The Bertz CT molecular complexity index is 487. The van der Waals surface area contributed by atoms with Gasteiger partial charge in [0, 0.05) is 13.1 Å². The molecule has 1 aromatic rings. The lowest BCUT2D eigenvalue weighted by Gasteiger charge is -2.33. The Morgan fingerprint density at radius 1 is 1.55 bits per heavy atom. The van der Waals surface area contributed by atoms with E-state index in [4.69, 9.17) is 10.4 Å². The van der Waals surface area contributed by atoms with Gasteiger partial charge < -0.3 is 9.84 Å². The predicted molar refractivity (Wildman–Crippen MR) is 70.3 cm³/mol. The molecule has 110 valence electrons. The van der Waals surface area contributed by atoms with Crippen LogP contribution in [0.1, 0.15) is 35.5 Å². The molecule has 20 heavy (non-hydrogen) atoms. The summed E-state index contributed by atoms with van der Waals surface area (Å²) in [6, 6.07) is 1.38. The van der Waals surface area contributed by atoms with E-state index in [9.17, 15) is 9.59 Å². The zero-order valence-corrected chi connectivity index (χ0v) is 11.4. The van der Waals surface area contributed by atoms with E-state index < -0.39 is 5.91 Å². The van der Waals surface area contributed by atoms with Crippen molar-refractivity contribution in [2.75, 3.05) is 13.6 Å². The first-order valence-corrected chi connectivity index (χ1v) is 6.58. The van der Waals surface area contributed by atoms with Crippen molar-refractivity contribution in [3.63, 3.8) is 0 Å². The zero-order chi connectivity index (χ0) is 14.5. The van der Waals surface area contributed by atoms with Crippen molar-refractivity contribution < 1.29 is 14.1 Å².